The SMILES string of the molecule is COC(=O)C1=C(C(=O)c2ccc(C)cc2)C(O)=C2C(=O)C(OC)=C(OC)C(OC)=C2C1c1ccc(OC)c(OC)c1. The lowest BCUT2D eigenvalue weighted by Crippen LogP contribution is -2.33. The number of carbonyl (C=O) groups is 3. The van der Waals surface area contributed by atoms with Crippen LogP contribution in [0.4, 0.5) is 0 Å². The molecule has 0 spiro atoms. The molecule has 2 aliphatic carbocycles. The van der Waals surface area contributed by atoms with Gasteiger partial charge < -0.3 is 33.5 Å². The van der Waals surface area contributed by atoms with Crippen LogP contribution in [0.1, 0.15) is 27.4 Å². The molecule has 10 nitrogen and oxygen atoms in total. The summed E-state index contributed by atoms with van der Waals surface area (Å²) in [6.07, 6.45) is 0. The molecule has 1 unspecified atom stereocenters. The van der Waals surface area contributed by atoms with Gasteiger partial charge in [0, 0.05) is 17.1 Å². The molecule has 0 bridgehead atoms. The van der Waals surface area contributed by atoms with E-state index in [1.165, 1.54) is 35.5 Å². The highest BCUT2D eigenvalue weighted by Crippen LogP contribution is 2.51. The zero-order valence-corrected chi connectivity index (χ0v) is 23.7. The van der Waals surface area contributed by atoms with Crippen molar-refractivity contribution in [2.24, 2.45) is 0 Å². The van der Waals surface area contributed by atoms with Crippen LogP contribution in [0.5, 0.6) is 11.5 Å². The first-order valence-electron chi connectivity index (χ1n) is 12.4. The molecule has 0 heterocycles. The third-order valence-electron chi connectivity index (χ3n) is 6.98. The number of aryl methyl sites for hydroxylation is 1. The highest BCUT2D eigenvalue weighted by atomic mass is 16.5. The molecule has 1 atom stereocenters. The molecular weight excluding hydrogens is 532 g/mol. The maximum atomic E-state index is 14.0. The number of hydrogen-bond acceptors (Lipinski definition) is 10. The molecule has 2 aromatic carbocycles. The second kappa shape index (κ2) is 11.6. The number of fused-ring (bicyclic) bond motifs is 1. The number of carbonyl (C=O) groups excluding carboxylic acids is 3. The molecule has 214 valence electrons. The summed E-state index contributed by atoms with van der Waals surface area (Å²) in [7, 11) is 8.02. The minimum atomic E-state index is -1.15. The van der Waals surface area contributed by atoms with Gasteiger partial charge in [-0.1, -0.05) is 35.9 Å². The molecule has 10 heteroatoms. The summed E-state index contributed by atoms with van der Waals surface area (Å²) in [5.74, 6) is -3.76. The van der Waals surface area contributed by atoms with Crippen molar-refractivity contribution in [3.8, 4) is 11.5 Å². The number of aliphatic hydroxyl groups is 1. The van der Waals surface area contributed by atoms with Crippen molar-refractivity contribution >= 4 is 17.5 Å². The fourth-order valence-corrected chi connectivity index (χ4v) is 5.08. The zero-order valence-electron chi connectivity index (χ0n) is 23.7. The van der Waals surface area contributed by atoms with E-state index in [0.29, 0.717) is 17.1 Å². The predicted octanol–water partition coefficient (Wildman–Crippen LogP) is 4.26. The fourth-order valence-electron chi connectivity index (χ4n) is 5.08. The average molecular weight is 563 g/mol. The Labute approximate surface area is 237 Å². The van der Waals surface area contributed by atoms with Crippen LogP contribution in [0.2, 0.25) is 0 Å². The molecule has 0 aliphatic heterocycles. The van der Waals surface area contributed by atoms with Crippen molar-refractivity contribution in [3.63, 3.8) is 0 Å². The summed E-state index contributed by atoms with van der Waals surface area (Å²) in [5.41, 5.74) is 0.712. The van der Waals surface area contributed by atoms with E-state index in [-0.39, 0.29) is 45.1 Å². The molecule has 0 aromatic heterocycles. The van der Waals surface area contributed by atoms with Crippen molar-refractivity contribution in [1.82, 2.24) is 0 Å². The Bertz CT molecular complexity index is 1550. The zero-order chi connectivity index (χ0) is 30.0. The van der Waals surface area contributed by atoms with E-state index in [1.807, 2.05) is 6.92 Å². The molecule has 0 saturated carbocycles. The molecule has 41 heavy (non-hydrogen) atoms. The predicted molar refractivity (Wildman–Crippen MR) is 147 cm³/mol. The summed E-state index contributed by atoms with van der Waals surface area (Å²) in [4.78, 5) is 41.4. The summed E-state index contributed by atoms with van der Waals surface area (Å²) >= 11 is 0. The quantitative estimate of drug-likeness (QED) is 0.350. The monoisotopic (exact) mass is 562 g/mol. The standard InChI is InChI=1S/C31H30O10/c1-15-8-10-16(11-9-15)25(32)24-22(31(35)41-7)20(17-12-13-18(36-2)19(14-17)37-3)21-23(26(24)33)27(34)29(39-5)30(40-6)28(21)38-4/h8-14,20,33H,1-7H3. The Kier molecular flexibility index (Phi) is 8.23. The van der Waals surface area contributed by atoms with Crippen LogP contribution in [0, 0.1) is 6.92 Å². The summed E-state index contributed by atoms with van der Waals surface area (Å²) in [6, 6.07) is 11.5. The fraction of sp³-hybridized carbons (Fsp3) is 0.258. The molecule has 4 rings (SSSR count). The number of hydrogen-bond donors (Lipinski definition) is 1. The smallest absolute Gasteiger partial charge is 0.335 e. The van der Waals surface area contributed by atoms with Gasteiger partial charge in [-0.2, -0.15) is 0 Å². The minimum absolute atomic E-state index is 0.0218. The van der Waals surface area contributed by atoms with Gasteiger partial charge in [0.2, 0.25) is 17.3 Å². The van der Waals surface area contributed by atoms with Gasteiger partial charge in [-0.15, -0.1) is 0 Å². The van der Waals surface area contributed by atoms with Crippen LogP contribution in [0.3, 0.4) is 0 Å². The summed E-state index contributed by atoms with van der Waals surface area (Å²) in [6.45, 7) is 1.86. The highest BCUT2D eigenvalue weighted by Gasteiger charge is 2.49. The van der Waals surface area contributed by atoms with E-state index in [0.717, 1.165) is 12.7 Å². The van der Waals surface area contributed by atoms with Gasteiger partial charge in [0.15, 0.2) is 23.0 Å². The Hall–Kier alpha value is -4.99. The van der Waals surface area contributed by atoms with E-state index >= 15 is 0 Å². The van der Waals surface area contributed by atoms with Crippen molar-refractivity contribution in [2.75, 3.05) is 42.7 Å². The molecule has 0 fully saturated rings. The van der Waals surface area contributed by atoms with E-state index in [9.17, 15) is 19.5 Å². The number of esters is 1. The second-order valence-corrected chi connectivity index (χ2v) is 9.09. The number of benzene rings is 2. The van der Waals surface area contributed by atoms with Crippen LogP contribution in [0.25, 0.3) is 0 Å². The Morgan fingerprint density at radius 3 is 1.90 bits per heavy atom. The van der Waals surface area contributed by atoms with Gasteiger partial charge in [0.1, 0.15) is 5.76 Å². The van der Waals surface area contributed by atoms with E-state index in [4.69, 9.17) is 28.4 Å². The lowest BCUT2D eigenvalue weighted by atomic mass is 9.69. The lowest BCUT2D eigenvalue weighted by Gasteiger charge is -2.35. The second-order valence-electron chi connectivity index (χ2n) is 9.09. The molecule has 2 aliphatic rings. The third-order valence-corrected chi connectivity index (χ3v) is 6.98. The van der Waals surface area contributed by atoms with Gasteiger partial charge in [-0.25, -0.2) is 4.79 Å². The minimum Gasteiger partial charge on any atom is -0.506 e. The first-order valence-corrected chi connectivity index (χ1v) is 12.4. The van der Waals surface area contributed by atoms with Gasteiger partial charge in [-0.3, -0.25) is 9.59 Å². The van der Waals surface area contributed by atoms with Crippen molar-refractivity contribution in [2.45, 2.75) is 12.8 Å². The number of aliphatic hydroxyl groups excluding tert-OH is 1. The van der Waals surface area contributed by atoms with E-state index in [2.05, 4.69) is 0 Å². The van der Waals surface area contributed by atoms with Crippen molar-refractivity contribution in [3.05, 3.63) is 104 Å². The molecule has 2 aromatic rings. The van der Waals surface area contributed by atoms with Gasteiger partial charge in [0.05, 0.1) is 59.4 Å². The number of allylic oxidation sites excluding steroid dienone is 3. The average Bonchev–Trinajstić information content (AvgIpc) is 2.99. The molecule has 0 saturated heterocycles. The maximum absolute atomic E-state index is 14.0. The van der Waals surface area contributed by atoms with Gasteiger partial charge in [0.25, 0.3) is 0 Å². The Morgan fingerprint density at radius 2 is 1.37 bits per heavy atom. The first-order chi connectivity index (χ1) is 19.7. The number of rotatable bonds is 9. The molecule has 0 amide bonds. The summed E-state index contributed by atoms with van der Waals surface area (Å²) in [5, 5.41) is 11.7. The Balaban J connectivity index is 2.19. The molecule has 1 N–H and O–H groups in total. The number of methoxy groups -OCH3 is 6. The third kappa shape index (κ3) is 4.71. The van der Waals surface area contributed by atoms with Crippen LogP contribution < -0.4 is 9.47 Å². The van der Waals surface area contributed by atoms with Crippen molar-refractivity contribution < 1.29 is 47.9 Å². The largest absolute Gasteiger partial charge is 0.506 e. The van der Waals surface area contributed by atoms with Crippen LogP contribution >= 0.6 is 0 Å². The Morgan fingerprint density at radius 1 is 0.756 bits per heavy atom. The van der Waals surface area contributed by atoms with Crippen LogP contribution in [0.15, 0.2) is 87.8 Å². The van der Waals surface area contributed by atoms with E-state index < -0.39 is 29.2 Å². The van der Waals surface area contributed by atoms with Crippen LogP contribution in [-0.4, -0.2) is 65.3 Å². The summed E-state index contributed by atoms with van der Waals surface area (Å²) < 4.78 is 32.6. The maximum Gasteiger partial charge on any atom is 0.335 e. The number of Topliss-reactive ketones (excluding diaryl/α,β-unsaturated/α-hetero) is 2. The molecular formula is C31H30O10. The number of ketones is 2. The molecule has 0 radical (unpaired) electrons. The van der Waals surface area contributed by atoms with Crippen molar-refractivity contribution in [1.29, 1.82) is 0 Å². The highest BCUT2D eigenvalue weighted by molar-refractivity contribution is 6.21. The first kappa shape index (κ1) is 29.0. The van der Waals surface area contributed by atoms with E-state index in [1.54, 1.807) is 42.5 Å². The van der Waals surface area contributed by atoms with Gasteiger partial charge in [-0.05, 0) is 24.6 Å². The van der Waals surface area contributed by atoms with Gasteiger partial charge >= 0.3 is 5.97 Å². The number of ether oxygens (including phenoxy) is 6. The topological polar surface area (TPSA) is 127 Å². The lowest BCUT2D eigenvalue weighted by molar-refractivity contribution is -0.136. The normalized spacial score (nSPS) is 16.9. The van der Waals surface area contributed by atoms with Crippen LogP contribution in [-0.2, 0) is 28.5 Å².